The van der Waals surface area contributed by atoms with Gasteiger partial charge in [0, 0.05) is 36.5 Å². The highest BCUT2D eigenvalue weighted by Gasteiger charge is 2.07. The van der Waals surface area contributed by atoms with E-state index in [4.69, 9.17) is 4.42 Å². The fraction of sp³-hybridized carbons (Fsp3) is 0.238. The number of nitrogens with one attached hydrogen (secondary N) is 2. The molecular formula is C21H23N3O4. The van der Waals surface area contributed by atoms with Crippen molar-refractivity contribution in [3.8, 4) is 11.3 Å². The zero-order chi connectivity index (χ0) is 19.9. The van der Waals surface area contributed by atoms with Crippen molar-refractivity contribution in [3.63, 3.8) is 0 Å². The molecule has 0 aliphatic rings. The summed E-state index contributed by atoms with van der Waals surface area (Å²) in [6.07, 6.45) is -0.481. The third kappa shape index (κ3) is 5.18. The molecule has 0 saturated carbocycles. The smallest absolute Gasteiger partial charge is 0.269 e. The summed E-state index contributed by atoms with van der Waals surface area (Å²) in [5.74, 6) is 1.63. The van der Waals surface area contributed by atoms with Gasteiger partial charge in [-0.15, -0.1) is 0 Å². The van der Waals surface area contributed by atoms with Crippen molar-refractivity contribution in [2.45, 2.75) is 19.6 Å². The average molecular weight is 381 g/mol. The lowest BCUT2D eigenvalue weighted by molar-refractivity contribution is -0.384. The van der Waals surface area contributed by atoms with E-state index in [1.54, 1.807) is 19.1 Å². The number of nitrogens with zero attached hydrogens (tertiary/aromatic N) is 1. The fourth-order valence-electron chi connectivity index (χ4n) is 2.76. The van der Waals surface area contributed by atoms with Crippen LogP contribution in [-0.4, -0.2) is 23.1 Å². The number of benzene rings is 2. The topological polar surface area (TPSA) is 101 Å². The highest BCUT2D eigenvalue weighted by Crippen LogP contribution is 2.24. The van der Waals surface area contributed by atoms with Crippen LogP contribution in [0.1, 0.15) is 24.4 Å². The Morgan fingerprint density at radius 1 is 1.04 bits per heavy atom. The van der Waals surface area contributed by atoms with Gasteiger partial charge in [-0.25, -0.2) is 0 Å². The Balaban J connectivity index is 1.42. The summed E-state index contributed by atoms with van der Waals surface area (Å²) in [5, 5.41) is 26.7. The van der Waals surface area contributed by atoms with E-state index in [1.807, 2.05) is 36.4 Å². The van der Waals surface area contributed by atoms with E-state index in [0.717, 1.165) is 34.9 Å². The molecule has 2 aromatic carbocycles. The van der Waals surface area contributed by atoms with Crippen LogP contribution < -0.4 is 10.6 Å². The average Bonchev–Trinajstić information content (AvgIpc) is 3.17. The van der Waals surface area contributed by atoms with E-state index < -0.39 is 11.0 Å². The predicted molar refractivity (Wildman–Crippen MR) is 108 cm³/mol. The summed E-state index contributed by atoms with van der Waals surface area (Å²) in [4.78, 5) is 10.2. The Kier molecular flexibility index (Phi) is 6.41. The Labute approximate surface area is 163 Å². The number of aliphatic hydroxyl groups is 1. The lowest BCUT2D eigenvalue weighted by Crippen LogP contribution is -2.21. The van der Waals surface area contributed by atoms with E-state index >= 15 is 0 Å². The highest BCUT2D eigenvalue weighted by molar-refractivity contribution is 5.58. The number of nitro benzene ring substituents is 1. The van der Waals surface area contributed by atoms with Gasteiger partial charge < -0.3 is 20.2 Å². The van der Waals surface area contributed by atoms with E-state index in [-0.39, 0.29) is 5.69 Å². The van der Waals surface area contributed by atoms with Crippen LogP contribution in [-0.2, 0) is 6.54 Å². The minimum Gasteiger partial charge on any atom is -0.460 e. The van der Waals surface area contributed by atoms with Gasteiger partial charge in [0.05, 0.1) is 17.6 Å². The van der Waals surface area contributed by atoms with Crippen LogP contribution in [0.5, 0.6) is 0 Å². The van der Waals surface area contributed by atoms with Gasteiger partial charge in [-0.05, 0) is 36.8 Å². The Hall–Kier alpha value is -3.16. The maximum atomic E-state index is 10.6. The molecule has 0 bridgehead atoms. The normalized spacial score (nSPS) is 11.9. The van der Waals surface area contributed by atoms with Crippen LogP contribution in [0.25, 0.3) is 11.3 Å². The molecule has 0 spiro atoms. The molecule has 7 nitrogen and oxygen atoms in total. The second-order valence-corrected chi connectivity index (χ2v) is 6.47. The lowest BCUT2D eigenvalue weighted by atomic mass is 10.1. The first-order chi connectivity index (χ1) is 13.5. The SMILES string of the molecule is CC(O)c1ccc(-c2ccc(CNCCNc3ccc([N+](=O)[O-])cc3)o2)cc1. The molecule has 7 heteroatoms. The molecule has 3 rings (SSSR count). The lowest BCUT2D eigenvalue weighted by Gasteiger charge is -2.07. The van der Waals surface area contributed by atoms with Crippen molar-refractivity contribution in [2.75, 3.05) is 18.4 Å². The third-order valence-electron chi connectivity index (χ3n) is 4.35. The molecule has 0 amide bonds. The van der Waals surface area contributed by atoms with Gasteiger partial charge in [-0.2, -0.15) is 0 Å². The molecule has 0 aliphatic heterocycles. The Morgan fingerprint density at radius 3 is 2.39 bits per heavy atom. The molecule has 3 N–H and O–H groups in total. The molecule has 1 heterocycles. The van der Waals surface area contributed by atoms with Crippen molar-refractivity contribution in [2.24, 2.45) is 0 Å². The summed E-state index contributed by atoms with van der Waals surface area (Å²) < 4.78 is 5.86. The minimum atomic E-state index is -0.481. The summed E-state index contributed by atoms with van der Waals surface area (Å²) in [6.45, 7) is 3.75. The minimum absolute atomic E-state index is 0.0813. The second-order valence-electron chi connectivity index (χ2n) is 6.47. The fourth-order valence-corrected chi connectivity index (χ4v) is 2.76. The number of hydrogen-bond donors (Lipinski definition) is 3. The molecule has 0 radical (unpaired) electrons. The third-order valence-corrected chi connectivity index (χ3v) is 4.35. The predicted octanol–water partition coefficient (Wildman–Crippen LogP) is 4.11. The highest BCUT2D eigenvalue weighted by atomic mass is 16.6. The molecule has 146 valence electrons. The first kappa shape index (κ1) is 19.6. The summed E-state index contributed by atoms with van der Waals surface area (Å²) >= 11 is 0. The van der Waals surface area contributed by atoms with Crippen LogP contribution >= 0.6 is 0 Å². The second kappa shape index (κ2) is 9.16. The standard InChI is InChI=1S/C21H23N3O4/c1-15(25)16-2-4-17(5-3-16)21-11-10-20(28-21)14-22-12-13-23-18-6-8-19(9-7-18)24(26)27/h2-11,15,22-23,25H,12-14H2,1H3. The monoisotopic (exact) mass is 381 g/mol. The van der Waals surface area contributed by atoms with Gasteiger partial charge in [0.1, 0.15) is 11.5 Å². The van der Waals surface area contributed by atoms with Crippen LogP contribution in [0, 0.1) is 10.1 Å². The molecule has 0 saturated heterocycles. The molecule has 1 unspecified atom stereocenters. The number of rotatable bonds is 9. The van der Waals surface area contributed by atoms with Crippen LogP contribution in [0.15, 0.2) is 65.1 Å². The van der Waals surface area contributed by atoms with E-state index in [2.05, 4.69) is 10.6 Å². The largest absolute Gasteiger partial charge is 0.460 e. The first-order valence-electron chi connectivity index (χ1n) is 9.09. The summed E-state index contributed by atoms with van der Waals surface area (Å²) in [7, 11) is 0. The van der Waals surface area contributed by atoms with Gasteiger partial charge in [-0.1, -0.05) is 24.3 Å². The van der Waals surface area contributed by atoms with Gasteiger partial charge in [0.2, 0.25) is 0 Å². The number of aliphatic hydroxyl groups excluding tert-OH is 1. The van der Waals surface area contributed by atoms with Crippen molar-refractivity contribution in [1.82, 2.24) is 5.32 Å². The van der Waals surface area contributed by atoms with Crippen molar-refractivity contribution < 1.29 is 14.4 Å². The van der Waals surface area contributed by atoms with E-state index in [0.29, 0.717) is 13.1 Å². The quantitative estimate of drug-likeness (QED) is 0.293. The molecule has 0 fully saturated rings. The molecule has 1 atom stereocenters. The van der Waals surface area contributed by atoms with Crippen molar-refractivity contribution in [3.05, 3.63) is 82.1 Å². The van der Waals surface area contributed by atoms with Gasteiger partial charge in [0.15, 0.2) is 0 Å². The zero-order valence-electron chi connectivity index (χ0n) is 15.6. The van der Waals surface area contributed by atoms with Gasteiger partial charge >= 0.3 is 0 Å². The van der Waals surface area contributed by atoms with Gasteiger partial charge in [0.25, 0.3) is 5.69 Å². The number of hydrogen-bond acceptors (Lipinski definition) is 6. The molecule has 3 aromatic rings. The maximum Gasteiger partial charge on any atom is 0.269 e. The molecule has 0 aliphatic carbocycles. The van der Waals surface area contributed by atoms with Crippen molar-refractivity contribution >= 4 is 11.4 Å². The van der Waals surface area contributed by atoms with Crippen LogP contribution in [0.3, 0.4) is 0 Å². The number of non-ortho nitro benzene ring substituents is 1. The van der Waals surface area contributed by atoms with Crippen LogP contribution in [0.2, 0.25) is 0 Å². The Morgan fingerprint density at radius 2 is 1.75 bits per heavy atom. The molecule has 1 aromatic heterocycles. The van der Waals surface area contributed by atoms with Gasteiger partial charge in [-0.3, -0.25) is 10.1 Å². The first-order valence-corrected chi connectivity index (χ1v) is 9.09. The number of anilines is 1. The van der Waals surface area contributed by atoms with E-state index in [1.165, 1.54) is 12.1 Å². The Bertz CT molecular complexity index is 902. The summed E-state index contributed by atoms with van der Waals surface area (Å²) in [6, 6.07) is 17.9. The van der Waals surface area contributed by atoms with Crippen LogP contribution in [0.4, 0.5) is 11.4 Å². The summed E-state index contributed by atoms with van der Waals surface area (Å²) in [5.41, 5.74) is 2.76. The maximum absolute atomic E-state index is 10.6. The molecule has 28 heavy (non-hydrogen) atoms. The molecular weight excluding hydrogens is 358 g/mol. The van der Waals surface area contributed by atoms with E-state index in [9.17, 15) is 15.2 Å². The number of furan rings is 1. The number of nitro groups is 1. The van der Waals surface area contributed by atoms with Crippen molar-refractivity contribution in [1.29, 1.82) is 0 Å². The zero-order valence-corrected chi connectivity index (χ0v) is 15.6.